The Labute approximate surface area is 83.9 Å². The standard InChI is InChI=1S/C8H7ClF2N2O/c1-3-2-13-6(7(10)11)5(9)4(3)8(12)14/h2,7H,1H3,(H2,12,14). The van der Waals surface area contributed by atoms with Crippen LogP contribution in [-0.2, 0) is 0 Å². The number of nitrogens with zero attached hydrogens (tertiary/aromatic N) is 1. The summed E-state index contributed by atoms with van der Waals surface area (Å²) in [5.74, 6) is -0.836. The molecule has 76 valence electrons. The lowest BCUT2D eigenvalue weighted by molar-refractivity contribution is 0.0999. The molecule has 14 heavy (non-hydrogen) atoms. The molecule has 1 amide bonds. The van der Waals surface area contributed by atoms with Gasteiger partial charge in [0.15, 0.2) is 0 Å². The third kappa shape index (κ3) is 1.82. The minimum Gasteiger partial charge on any atom is -0.366 e. The van der Waals surface area contributed by atoms with E-state index >= 15 is 0 Å². The highest BCUT2D eigenvalue weighted by molar-refractivity contribution is 6.34. The van der Waals surface area contributed by atoms with Crippen LogP contribution in [0.1, 0.15) is 28.0 Å². The van der Waals surface area contributed by atoms with Crippen molar-refractivity contribution in [3.8, 4) is 0 Å². The molecule has 0 atom stereocenters. The van der Waals surface area contributed by atoms with E-state index in [9.17, 15) is 13.6 Å². The summed E-state index contributed by atoms with van der Waals surface area (Å²) >= 11 is 5.56. The number of aromatic nitrogens is 1. The van der Waals surface area contributed by atoms with Crippen molar-refractivity contribution in [3.63, 3.8) is 0 Å². The zero-order chi connectivity index (χ0) is 10.9. The molecule has 0 aliphatic heterocycles. The third-order valence-electron chi connectivity index (χ3n) is 1.69. The molecule has 0 aliphatic carbocycles. The highest BCUT2D eigenvalue weighted by Gasteiger charge is 2.20. The van der Waals surface area contributed by atoms with Gasteiger partial charge in [-0.15, -0.1) is 0 Å². The fourth-order valence-corrected chi connectivity index (χ4v) is 1.42. The lowest BCUT2D eigenvalue weighted by atomic mass is 10.1. The molecule has 1 aromatic heterocycles. The van der Waals surface area contributed by atoms with Crippen LogP contribution in [0.15, 0.2) is 6.20 Å². The van der Waals surface area contributed by atoms with Gasteiger partial charge in [0.05, 0.1) is 10.6 Å². The summed E-state index contributed by atoms with van der Waals surface area (Å²) in [6.07, 6.45) is -1.67. The number of primary amides is 1. The molecule has 1 heterocycles. The van der Waals surface area contributed by atoms with Crippen LogP contribution >= 0.6 is 11.6 Å². The minimum atomic E-state index is -2.82. The molecular formula is C8H7ClF2N2O. The van der Waals surface area contributed by atoms with Crippen LogP contribution in [-0.4, -0.2) is 10.9 Å². The Morgan fingerprint density at radius 3 is 2.64 bits per heavy atom. The predicted molar refractivity (Wildman–Crippen MR) is 47.5 cm³/mol. The Hall–Kier alpha value is -1.23. The molecule has 0 unspecified atom stereocenters. The van der Waals surface area contributed by atoms with E-state index in [2.05, 4.69) is 4.98 Å². The summed E-state index contributed by atoms with van der Waals surface area (Å²) in [6, 6.07) is 0. The van der Waals surface area contributed by atoms with Crippen LogP contribution in [0.2, 0.25) is 5.02 Å². The monoisotopic (exact) mass is 220 g/mol. The van der Waals surface area contributed by atoms with Crippen molar-refractivity contribution in [2.75, 3.05) is 0 Å². The average molecular weight is 221 g/mol. The van der Waals surface area contributed by atoms with Crippen LogP contribution in [0.4, 0.5) is 8.78 Å². The molecule has 3 nitrogen and oxygen atoms in total. The number of nitrogens with two attached hydrogens (primary N) is 1. The number of aryl methyl sites for hydroxylation is 1. The maximum atomic E-state index is 12.3. The number of carbonyl (C=O) groups is 1. The smallest absolute Gasteiger partial charge is 0.281 e. The highest BCUT2D eigenvalue weighted by Crippen LogP contribution is 2.29. The van der Waals surface area contributed by atoms with Gasteiger partial charge in [-0.1, -0.05) is 11.6 Å². The van der Waals surface area contributed by atoms with Crippen molar-refractivity contribution >= 4 is 17.5 Å². The van der Waals surface area contributed by atoms with E-state index in [-0.39, 0.29) is 10.6 Å². The summed E-state index contributed by atoms with van der Waals surface area (Å²) < 4.78 is 24.6. The molecule has 0 fully saturated rings. The third-order valence-corrected chi connectivity index (χ3v) is 2.07. The van der Waals surface area contributed by atoms with E-state index in [0.29, 0.717) is 5.56 Å². The maximum Gasteiger partial charge on any atom is 0.281 e. The average Bonchev–Trinajstić information content (AvgIpc) is 2.02. The van der Waals surface area contributed by atoms with Gasteiger partial charge in [-0.2, -0.15) is 0 Å². The van der Waals surface area contributed by atoms with E-state index < -0.39 is 18.0 Å². The van der Waals surface area contributed by atoms with E-state index in [1.54, 1.807) is 0 Å². The van der Waals surface area contributed by atoms with E-state index in [1.165, 1.54) is 6.92 Å². The van der Waals surface area contributed by atoms with Gasteiger partial charge in [0.25, 0.3) is 12.3 Å². The first-order chi connectivity index (χ1) is 6.45. The molecule has 0 saturated heterocycles. The fraction of sp³-hybridized carbons (Fsp3) is 0.250. The molecular weight excluding hydrogens is 214 g/mol. The zero-order valence-electron chi connectivity index (χ0n) is 7.22. The molecule has 1 aromatic rings. The van der Waals surface area contributed by atoms with Gasteiger partial charge in [-0.05, 0) is 12.5 Å². The van der Waals surface area contributed by atoms with Gasteiger partial charge in [0.2, 0.25) is 0 Å². The number of amides is 1. The SMILES string of the molecule is Cc1cnc(C(F)F)c(Cl)c1C(N)=O. The van der Waals surface area contributed by atoms with Gasteiger partial charge in [0, 0.05) is 6.20 Å². The first-order valence-corrected chi connectivity index (χ1v) is 4.06. The molecule has 2 N–H and O–H groups in total. The minimum absolute atomic E-state index is 0.100. The molecule has 0 radical (unpaired) electrons. The number of carbonyl (C=O) groups excluding carboxylic acids is 1. The predicted octanol–water partition coefficient (Wildman–Crippen LogP) is 2.08. The van der Waals surface area contributed by atoms with E-state index in [0.717, 1.165) is 6.20 Å². The number of hydrogen-bond donors (Lipinski definition) is 1. The molecule has 0 aromatic carbocycles. The summed E-state index contributed by atoms with van der Waals surface area (Å²) in [5.41, 5.74) is 4.65. The van der Waals surface area contributed by atoms with Gasteiger partial charge < -0.3 is 5.73 Å². The van der Waals surface area contributed by atoms with Crippen LogP contribution in [0.3, 0.4) is 0 Å². The maximum absolute atomic E-state index is 12.3. The van der Waals surface area contributed by atoms with Crippen LogP contribution in [0.25, 0.3) is 0 Å². The first kappa shape index (κ1) is 10.8. The van der Waals surface area contributed by atoms with Crippen molar-refractivity contribution in [2.45, 2.75) is 13.3 Å². The van der Waals surface area contributed by atoms with Crippen molar-refractivity contribution in [3.05, 3.63) is 28.0 Å². The van der Waals surface area contributed by atoms with Gasteiger partial charge >= 0.3 is 0 Å². The number of halogens is 3. The Morgan fingerprint density at radius 1 is 1.64 bits per heavy atom. The quantitative estimate of drug-likeness (QED) is 0.830. The van der Waals surface area contributed by atoms with Gasteiger partial charge in [0.1, 0.15) is 5.69 Å². The Kier molecular flexibility index (Phi) is 3.00. The number of pyridine rings is 1. The first-order valence-electron chi connectivity index (χ1n) is 3.68. The Bertz CT molecular complexity index is 382. The van der Waals surface area contributed by atoms with Gasteiger partial charge in [-0.3, -0.25) is 9.78 Å². The van der Waals surface area contributed by atoms with Crippen molar-refractivity contribution in [2.24, 2.45) is 5.73 Å². The normalized spacial score (nSPS) is 10.6. The lowest BCUT2D eigenvalue weighted by Gasteiger charge is -2.07. The lowest BCUT2D eigenvalue weighted by Crippen LogP contribution is -2.15. The summed E-state index contributed by atoms with van der Waals surface area (Å²) in [7, 11) is 0. The van der Waals surface area contributed by atoms with Crippen LogP contribution in [0, 0.1) is 6.92 Å². The number of alkyl halides is 2. The van der Waals surface area contributed by atoms with Crippen molar-refractivity contribution in [1.82, 2.24) is 4.98 Å². The van der Waals surface area contributed by atoms with Crippen LogP contribution < -0.4 is 5.73 Å². The Morgan fingerprint density at radius 2 is 2.21 bits per heavy atom. The molecule has 0 spiro atoms. The second kappa shape index (κ2) is 3.88. The molecule has 0 aliphatic rings. The molecule has 0 bridgehead atoms. The van der Waals surface area contributed by atoms with E-state index in [1.807, 2.05) is 0 Å². The largest absolute Gasteiger partial charge is 0.366 e. The fourth-order valence-electron chi connectivity index (χ4n) is 1.04. The van der Waals surface area contributed by atoms with E-state index in [4.69, 9.17) is 17.3 Å². The van der Waals surface area contributed by atoms with Crippen molar-refractivity contribution in [1.29, 1.82) is 0 Å². The van der Waals surface area contributed by atoms with Crippen molar-refractivity contribution < 1.29 is 13.6 Å². The number of hydrogen-bond acceptors (Lipinski definition) is 2. The Balaban J connectivity index is 3.41. The summed E-state index contributed by atoms with van der Waals surface area (Å²) in [6.45, 7) is 1.52. The summed E-state index contributed by atoms with van der Waals surface area (Å²) in [4.78, 5) is 14.3. The highest BCUT2D eigenvalue weighted by atomic mass is 35.5. The topological polar surface area (TPSA) is 56.0 Å². The second-order valence-corrected chi connectivity index (χ2v) is 3.06. The molecule has 6 heteroatoms. The number of rotatable bonds is 2. The molecule has 1 rings (SSSR count). The summed E-state index contributed by atoms with van der Waals surface area (Å²) in [5, 5.41) is -0.368. The van der Waals surface area contributed by atoms with Crippen LogP contribution in [0.5, 0.6) is 0 Å². The van der Waals surface area contributed by atoms with Gasteiger partial charge in [-0.25, -0.2) is 8.78 Å². The molecule has 0 saturated carbocycles. The zero-order valence-corrected chi connectivity index (χ0v) is 7.98. The second-order valence-electron chi connectivity index (χ2n) is 2.68.